The van der Waals surface area contributed by atoms with Gasteiger partial charge in [-0.3, -0.25) is 9.89 Å². The summed E-state index contributed by atoms with van der Waals surface area (Å²) < 4.78 is 13.9. The van der Waals surface area contributed by atoms with Gasteiger partial charge in [0.15, 0.2) is 5.82 Å². The fourth-order valence-electron chi connectivity index (χ4n) is 3.00. The highest BCUT2D eigenvalue weighted by Gasteiger charge is 2.25. The molecular weight excluding hydrogens is 375 g/mol. The number of rotatable bonds is 3. The fourth-order valence-corrected chi connectivity index (χ4v) is 3.87. The van der Waals surface area contributed by atoms with Crippen LogP contribution >= 0.6 is 22.9 Å². The molecule has 5 nitrogen and oxygen atoms in total. The third-order valence-electron chi connectivity index (χ3n) is 4.40. The van der Waals surface area contributed by atoms with Gasteiger partial charge in [-0.25, -0.2) is 4.39 Å². The number of carbonyl (C=O) groups is 1. The Labute approximate surface area is 159 Å². The van der Waals surface area contributed by atoms with Crippen molar-refractivity contribution in [2.75, 3.05) is 31.1 Å². The number of nitrogens with zero attached hydrogens (tertiary/aromatic N) is 3. The lowest BCUT2D eigenvalue weighted by Gasteiger charge is -2.34. The smallest absolute Gasteiger partial charge is 0.257 e. The predicted octanol–water partition coefficient (Wildman–Crippen LogP) is 3.89. The topological polar surface area (TPSA) is 52.2 Å². The van der Waals surface area contributed by atoms with E-state index in [-0.39, 0.29) is 11.5 Å². The van der Waals surface area contributed by atoms with E-state index in [0.29, 0.717) is 31.2 Å². The molecule has 1 aliphatic rings. The van der Waals surface area contributed by atoms with E-state index in [1.165, 1.54) is 18.2 Å². The summed E-state index contributed by atoms with van der Waals surface area (Å²) in [6.07, 6.45) is 0. The Balaban J connectivity index is 1.43. The van der Waals surface area contributed by atoms with Crippen LogP contribution in [0.3, 0.4) is 0 Å². The second kappa shape index (κ2) is 7.09. The van der Waals surface area contributed by atoms with Gasteiger partial charge in [0.05, 0.1) is 16.1 Å². The van der Waals surface area contributed by atoms with Gasteiger partial charge in [-0.15, -0.1) is 11.3 Å². The molecule has 1 fully saturated rings. The van der Waals surface area contributed by atoms with Crippen LogP contribution in [0.1, 0.15) is 10.4 Å². The number of hydrogen-bond acceptors (Lipinski definition) is 4. The number of H-pyrrole nitrogens is 1. The second-order valence-corrected chi connectivity index (χ2v) is 7.40. The summed E-state index contributed by atoms with van der Waals surface area (Å²) in [5.41, 5.74) is 1.00. The summed E-state index contributed by atoms with van der Waals surface area (Å²) in [4.78, 5) is 17.5. The molecule has 0 atom stereocenters. The minimum atomic E-state index is -0.547. The van der Waals surface area contributed by atoms with E-state index >= 15 is 0 Å². The van der Waals surface area contributed by atoms with Gasteiger partial charge < -0.3 is 9.80 Å². The Bertz CT molecular complexity index is 919. The first-order valence-electron chi connectivity index (χ1n) is 8.20. The average molecular weight is 391 g/mol. The third-order valence-corrected chi connectivity index (χ3v) is 5.54. The maximum absolute atomic E-state index is 13.9. The average Bonchev–Trinajstić information content (AvgIpc) is 3.35. The van der Waals surface area contributed by atoms with Gasteiger partial charge in [-0.05, 0) is 29.6 Å². The summed E-state index contributed by atoms with van der Waals surface area (Å²) in [6.45, 7) is 2.29. The lowest BCUT2D eigenvalue weighted by Crippen LogP contribution is -2.49. The van der Waals surface area contributed by atoms with E-state index in [1.807, 2.05) is 23.6 Å². The first kappa shape index (κ1) is 17.1. The highest BCUT2D eigenvalue weighted by molar-refractivity contribution is 7.13. The van der Waals surface area contributed by atoms with E-state index in [0.717, 1.165) is 16.4 Å². The van der Waals surface area contributed by atoms with Gasteiger partial charge in [0, 0.05) is 37.3 Å². The van der Waals surface area contributed by atoms with Crippen LogP contribution in [-0.4, -0.2) is 47.2 Å². The molecule has 3 aromatic rings. The summed E-state index contributed by atoms with van der Waals surface area (Å²) in [5.74, 6) is -0.0184. The van der Waals surface area contributed by atoms with Gasteiger partial charge in [-0.2, -0.15) is 5.10 Å². The van der Waals surface area contributed by atoms with Crippen molar-refractivity contribution >= 4 is 34.7 Å². The summed E-state index contributed by atoms with van der Waals surface area (Å²) in [7, 11) is 0. The Morgan fingerprint density at radius 1 is 1.19 bits per heavy atom. The zero-order chi connectivity index (χ0) is 18.1. The van der Waals surface area contributed by atoms with E-state index in [1.54, 1.807) is 16.2 Å². The molecule has 134 valence electrons. The van der Waals surface area contributed by atoms with Crippen LogP contribution in [0.4, 0.5) is 10.2 Å². The minimum Gasteiger partial charge on any atom is -0.352 e. The van der Waals surface area contributed by atoms with Gasteiger partial charge in [0.2, 0.25) is 0 Å². The molecule has 1 N–H and O–H groups in total. The number of hydrogen-bond donors (Lipinski definition) is 1. The van der Waals surface area contributed by atoms with Crippen LogP contribution in [0.5, 0.6) is 0 Å². The molecular formula is C18H16ClFN4OS. The molecule has 4 rings (SSSR count). The number of amides is 1. The van der Waals surface area contributed by atoms with E-state index < -0.39 is 5.82 Å². The van der Waals surface area contributed by atoms with Crippen molar-refractivity contribution in [3.63, 3.8) is 0 Å². The number of thiophene rings is 1. The number of anilines is 1. The van der Waals surface area contributed by atoms with Crippen molar-refractivity contribution in [3.05, 3.63) is 58.2 Å². The summed E-state index contributed by atoms with van der Waals surface area (Å²) in [5, 5.41) is 9.81. The maximum atomic E-state index is 13.9. The number of piperazine rings is 1. The van der Waals surface area contributed by atoms with Crippen LogP contribution in [0.2, 0.25) is 5.02 Å². The van der Waals surface area contributed by atoms with Crippen LogP contribution in [-0.2, 0) is 0 Å². The van der Waals surface area contributed by atoms with Gasteiger partial charge >= 0.3 is 0 Å². The Morgan fingerprint density at radius 3 is 2.73 bits per heavy atom. The monoisotopic (exact) mass is 390 g/mol. The highest BCUT2D eigenvalue weighted by Crippen LogP contribution is 2.26. The molecule has 0 bridgehead atoms. The van der Waals surface area contributed by atoms with Gasteiger partial charge in [0.1, 0.15) is 5.82 Å². The number of aromatic amines is 1. The van der Waals surface area contributed by atoms with Crippen molar-refractivity contribution in [1.82, 2.24) is 15.1 Å². The SMILES string of the molecule is O=C(c1cc(Cl)ccc1F)N1CCN(c2cc(-c3cccs3)[nH]n2)CC1. The molecule has 1 aromatic carbocycles. The normalized spacial score (nSPS) is 14.7. The molecule has 26 heavy (non-hydrogen) atoms. The third kappa shape index (κ3) is 3.32. The van der Waals surface area contributed by atoms with Gasteiger partial charge in [-0.1, -0.05) is 17.7 Å². The number of benzene rings is 1. The minimum absolute atomic E-state index is 0.0192. The van der Waals surface area contributed by atoms with Crippen LogP contribution in [0.15, 0.2) is 41.8 Å². The number of nitrogens with one attached hydrogen (secondary N) is 1. The lowest BCUT2D eigenvalue weighted by atomic mass is 10.1. The Hall–Kier alpha value is -2.38. The van der Waals surface area contributed by atoms with E-state index in [2.05, 4.69) is 15.1 Å². The zero-order valence-electron chi connectivity index (χ0n) is 13.8. The largest absolute Gasteiger partial charge is 0.352 e. The highest BCUT2D eigenvalue weighted by atomic mass is 35.5. The van der Waals surface area contributed by atoms with Crippen LogP contribution < -0.4 is 4.90 Å². The summed E-state index contributed by atoms with van der Waals surface area (Å²) in [6, 6.07) is 10.1. The lowest BCUT2D eigenvalue weighted by molar-refractivity contribution is 0.0742. The second-order valence-electron chi connectivity index (χ2n) is 6.02. The number of carbonyl (C=O) groups excluding carboxylic acids is 1. The molecule has 0 aliphatic carbocycles. The van der Waals surface area contributed by atoms with Crippen LogP contribution in [0.25, 0.3) is 10.6 Å². The molecule has 1 aliphatic heterocycles. The standard InChI is InChI=1S/C18H16ClFN4OS/c19-12-3-4-14(20)13(10-12)18(25)24-7-5-23(6-8-24)17-11-15(21-22-17)16-2-1-9-26-16/h1-4,9-11H,5-8H2,(H,21,22). The molecule has 0 saturated carbocycles. The van der Waals surface area contributed by atoms with Gasteiger partial charge in [0.25, 0.3) is 5.91 Å². The molecule has 1 saturated heterocycles. The molecule has 3 heterocycles. The molecule has 0 radical (unpaired) electrons. The molecule has 0 unspecified atom stereocenters. The first-order chi connectivity index (χ1) is 12.6. The van der Waals surface area contributed by atoms with E-state index in [9.17, 15) is 9.18 Å². The Kier molecular flexibility index (Phi) is 4.65. The zero-order valence-corrected chi connectivity index (χ0v) is 15.4. The van der Waals surface area contributed by atoms with Crippen molar-refractivity contribution in [3.8, 4) is 10.6 Å². The molecule has 1 amide bonds. The first-order valence-corrected chi connectivity index (χ1v) is 9.46. The number of aromatic nitrogens is 2. The van der Waals surface area contributed by atoms with Crippen molar-refractivity contribution in [2.24, 2.45) is 0 Å². The quantitative estimate of drug-likeness (QED) is 0.738. The van der Waals surface area contributed by atoms with Crippen molar-refractivity contribution in [1.29, 1.82) is 0 Å². The Morgan fingerprint density at radius 2 is 2.00 bits per heavy atom. The number of halogens is 2. The molecule has 0 spiro atoms. The maximum Gasteiger partial charge on any atom is 0.257 e. The van der Waals surface area contributed by atoms with Crippen LogP contribution in [0, 0.1) is 5.82 Å². The molecule has 2 aromatic heterocycles. The predicted molar refractivity (Wildman–Crippen MR) is 101 cm³/mol. The summed E-state index contributed by atoms with van der Waals surface area (Å²) >= 11 is 7.54. The fraction of sp³-hybridized carbons (Fsp3) is 0.222. The van der Waals surface area contributed by atoms with E-state index in [4.69, 9.17) is 11.6 Å². The van der Waals surface area contributed by atoms with Crippen molar-refractivity contribution in [2.45, 2.75) is 0 Å². The van der Waals surface area contributed by atoms with Crippen molar-refractivity contribution < 1.29 is 9.18 Å². The molecule has 8 heteroatoms.